The first-order valence-electron chi connectivity index (χ1n) is 3.88. The van der Waals surface area contributed by atoms with E-state index in [-0.39, 0.29) is 18.5 Å². The highest BCUT2D eigenvalue weighted by Crippen LogP contribution is 2.01. The average molecular weight is 158 g/mol. The average Bonchev–Trinajstić information content (AvgIpc) is 1.93. The Morgan fingerprint density at radius 1 is 1.55 bits per heavy atom. The smallest absolute Gasteiger partial charge is 0.304 e. The van der Waals surface area contributed by atoms with Gasteiger partial charge in [-0.05, 0) is 6.92 Å². The zero-order valence-corrected chi connectivity index (χ0v) is 6.63. The van der Waals surface area contributed by atoms with E-state index >= 15 is 0 Å². The van der Waals surface area contributed by atoms with Crippen LogP contribution in [0.3, 0.4) is 0 Å². The van der Waals surface area contributed by atoms with Crippen LogP contribution in [0.25, 0.3) is 0 Å². The molecule has 4 heteroatoms. The third-order valence-electron chi connectivity index (χ3n) is 2.00. The summed E-state index contributed by atoms with van der Waals surface area (Å²) in [6.45, 7) is 3.79. The van der Waals surface area contributed by atoms with Gasteiger partial charge in [-0.1, -0.05) is 0 Å². The van der Waals surface area contributed by atoms with Crippen molar-refractivity contribution in [1.82, 2.24) is 10.6 Å². The molecule has 2 atom stereocenters. The molecule has 0 saturated carbocycles. The van der Waals surface area contributed by atoms with Crippen molar-refractivity contribution < 1.29 is 9.90 Å². The van der Waals surface area contributed by atoms with Gasteiger partial charge in [-0.25, -0.2) is 0 Å². The van der Waals surface area contributed by atoms with Crippen LogP contribution in [0, 0.1) is 0 Å². The minimum absolute atomic E-state index is 0.0845. The molecule has 0 bridgehead atoms. The number of nitrogens with one attached hydrogen (secondary N) is 2. The number of hydrogen-bond acceptors (Lipinski definition) is 3. The molecule has 4 nitrogen and oxygen atoms in total. The number of aliphatic carboxylic acids is 1. The van der Waals surface area contributed by atoms with Crippen LogP contribution in [0.5, 0.6) is 0 Å². The van der Waals surface area contributed by atoms with Gasteiger partial charge in [-0.15, -0.1) is 0 Å². The van der Waals surface area contributed by atoms with E-state index in [2.05, 4.69) is 10.6 Å². The third kappa shape index (κ3) is 2.48. The number of piperazine rings is 1. The minimum Gasteiger partial charge on any atom is -0.481 e. The van der Waals surface area contributed by atoms with Crippen molar-refractivity contribution in [2.45, 2.75) is 25.4 Å². The van der Waals surface area contributed by atoms with E-state index in [4.69, 9.17) is 5.11 Å². The lowest BCUT2D eigenvalue weighted by atomic mass is 10.0. The molecule has 0 aromatic carbocycles. The monoisotopic (exact) mass is 158 g/mol. The normalized spacial score (nSPS) is 31.7. The summed E-state index contributed by atoms with van der Waals surface area (Å²) in [6.07, 6.45) is 0.203. The van der Waals surface area contributed by atoms with Gasteiger partial charge >= 0.3 is 5.97 Å². The molecule has 0 aliphatic carbocycles. The van der Waals surface area contributed by atoms with Crippen LogP contribution >= 0.6 is 0 Å². The summed E-state index contributed by atoms with van der Waals surface area (Å²) in [6, 6.07) is 0.348. The van der Waals surface area contributed by atoms with E-state index < -0.39 is 5.97 Å². The largest absolute Gasteiger partial charge is 0.481 e. The Labute approximate surface area is 66.0 Å². The molecule has 0 amide bonds. The second kappa shape index (κ2) is 3.69. The third-order valence-corrected chi connectivity index (χ3v) is 2.00. The van der Waals surface area contributed by atoms with Gasteiger partial charge < -0.3 is 15.7 Å². The molecule has 0 aromatic heterocycles. The lowest BCUT2D eigenvalue weighted by molar-refractivity contribution is -0.137. The molecule has 0 radical (unpaired) electrons. The molecule has 0 unspecified atom stereocenters. The molecule has 3 N–H and O–H groups in total. The van der Waals surface area contributed by atoms with Crippen molar-refractivity contribution in [1.29, 1.82) is 0 Å². The molecular formula is C7H14N2O2. The molecule has 64 valence electrons. The van der Waals surface area contributed by atoms with Crippen LogP contribution in [0.1, 0.15) is 13.3 Å². The Morgan fingerprint density at radius 2 is 2.18 bits per heavy atom. The van der Waals surface area contributed by atoms with Crippen molar-refractivity contribution in [3.8, 4) is 0 Å². The number of rotatable bonds is 2. The Kier molecular flexibility index (Phi) is 2.84. The molecular weight excluding hydrogens is 144 g/mol. The SMILES string of the molecule is C[C@@H]1NCCN[C@H]1CC(=O)O. The van der Waals surface area contributed by atoms with E-state index in [1.165, 1.54) is 0 Å². The Bertz CT molecular complexity index is 149. The maximum Gasteiger partial charge on any atom is 0.304 e. The number of carbonyl (C=O) groups is 1. The quantitative estimate of drug-likeness (QED) is 0.503. The zero-order valence-electron chi connectivity index (χ0n) is 6.63. The van der Waals surface area contributed by atoms with Crippen LogP contribution in [0.4, 0.5) is 0 Å². The first-order valence-corrected chi connectivity index (χ1v) is 3.88. The summed E-state index contributed by atoms with van der Waals surface area (Å²) in [7, 11) is 0. The summed E-state index contributed by atoms with van der Waals surface area (Å²) in [4.78, 5) is 10.3. The highest BCUT2D eigenvalue weighted by Gasteiger charge is 2.21. The van der Waals surface area contributed by atoms with E-state index in [9.17, 15) is 4.79 Å². The van der Waals surface area contributed by atoms with Gasteiger partial charge in [0.25, 0.3) is 0 Å². The molecule has 1 fully saturated rings. The van der Waals surface area contributed by atoms with Gasteiger partial charge in [0.1, 0.15) is 0 Å². The fourth-order valence-electron chi connectivity index (χ4n) is 1.31. The maximum atomic E-state index is 10.3. The first-order chi connectivity index (χ1) is 5.20. The molecule has 1 rings (SSSR count). The summed E-state index contributed by atoms with van der Waals surface area (Å²) < 4.78 is 0. The van der Waals surface area contributed by atoms with Gasteiger partial charge in [0.2, 0.25) is 0 Å². The maximum absolute atomic E-state index is 10.3. The van der Waals surface area contributed by atoms with Crippen molar-refractivity contribution in [3.63, 3.8) is 0 Å². The van der Waals surface area contributed by atoms with Crippen LogP contribution in [-0.4, -0.2) is 36.2 Å². The zero-order chi connectivity index (χ0) is 8.27. The summed E-state index contributed by atoms with van der Waals surface area (Å²) in [5, 5.41) is 14.9. The second-order valence-electron chi connectivity index (χ2n) is 2.90. The highest BCUT2D eigenvalue weighted by molar-refractivity contribution is 5.67. The van der Waals surface area contributed by atoms with Gasteiger partial charge in [-0.3, -0.25) is 4.79 Å². The number of carboxylic acids is 1. The Hall–Kier alpha value is -0.610. The molecule has 11 heavy (non-hydrogen) atoms. The first kappa shape index (κ1) is 8.49. The fourth-order valence-corrected chi connectivity index (χ4v) is 1.31. The van der Waals surface area contributed by atoms with Crippen LogP contribution < -0.4 is 10.6 Å². The van der Waals surface area contributed by atoms with E-state index in [1.54, 1.807) is 0 Å². The summed E-state index contributed by atoms with van der Waals surface area (Å²) in [5.74, 6) is -0.738. The van der Waals surface area contributed by atoms with Gasteiger partial charge in [-0.2, -0.15) is 0 Å². The van der Waals surface area contributed by atoms with Gasteiger partial charge in [0.15, 0.2) is 0 Å². The number of hydrogen-bond donors (Lipinski definition) is 3. The lowest BCUT2D eigenvalue weighted by Crippen LogP contribution is -2.55. The molecule has 0 aromatic rings. The van der Waals surface area contributed by atoms with Crippen molar-refractivity contribution >= 4 is 5.97 Å². The van der Waals surface area contributed by atoms with Crippen molar-refractivity contribution in [3.05, 3.63) is 0 Å². The predicted octanol–water partition coefficient (Wildman–Crippen LogP) is -0.589. The van der Waals surface area contributed by atoms with E-state index in [0.29, 0.717) is 0 Å². The molecule has 1 saturated heterocycles. The Balaban J connectivity index is 2.35. The molecule has 1 aliphatic rings. The summed E-state index contributed by atoms with van der Waals surface area (Å²) >= 11 is 0. The van der Waals surface area contributed by atoms with E-state index in [1.807, 2.05) is 6.92 Å². The van der Waals surface area contributed by atoms with Crippen molar-refractivity contribution in [2.24, 2.45) is 0 Å². The number of carboxylic acid groups (broad SMARTS) is 1. The lowest BCUT2D eigenvalue weighted by Gasteiger charge is -2.29. The minimum atomic E-state index is -0.738. The van der Waals surface area contributed by atoms with Crippen LogP contribution in [0.15, 0.2) is 0 Å². The predicted molar refractivity (Wildman–Crippen MR) is 41.5 cm³/mol. The molecule has 1 heterocycles. The Morgan fingerprint density at radius 3 is 2.73 bits per heavy atom. The molecule has 0 spiro atoms. The van der Waals surface area contributed by atoms with E-state index in [0.717, 1.165) is 13.1 Å². The summed E-state index contributed by atoms with van der Waals surface area (Å²) in [5.41, 5.74) is 0. The van der Waals surface area contributed by atoms with Crippen LogP contribution in [-0.2, 0) is 4.79 Å². The van der Waals surface area contributed by atoms with Gasteiger partial charge in [0.05, 0.1) is 6.42 Å². The van der Waals surface area contributed by atoms with Crippen LogP contribution in [0.2, 0.25) is 0 Å². The fraction of sp³-hybridized carbons (Fsp3) is 0.857. The highest BCUT2D eigenvalue weighted by atomic mass is 16.4. The van der Waals surface area contributed by atoms with Crippen molar-refractivity contribution in [2.75, 3.05) is 13.1 Å². The topological polar surface area (TPSA) is 61.4 Å². The second-order valence-corrected chi connectivity index (χ2v) is 2.90. The van der Waals surface area contributed by atoms with Gasteiger partial charge in [0, 0.05) is 25.2 Å². The standard InChI is InChI=1S/C7H14N2O2/c1-5-6(4-7(10)11)9-3-2-8-5/h5-6,8-9H,2-4H2,1H3,(H,10,11)/t5-,6-/m0/s1. The molecule has 1 aliphatic heterocycles.